The molecule has 0 aliphatic heterocycles. The van der Waals surface area contributed by atoms with Gasteiger partial charge in [0.2, 0.25) is 6.33 Å². The number of rotatable bonds is 4. The molecular weight excluding hydrogens is 220 g/mol. The molecule has 0 bridgehead atoms. The summed E-state index contributed by atoms with van der Waals surface area (Å²) >= 11 is 0. The third-order valence-corrected chi connectivity index (χ3v) is 2.71. The number of benzene rings is 1. The Morgan fingerprint density at radius 1 is 1.12 bits per heavy atom. The number of fused-ring (bicyclic) bond motifs is 1. The first-order valence-corrected chi connectivity index (χ1v) is 5.84. The summed E-state index contributed by atoms with van der Waals surface area (Å²) < 4.78 is 4.70. The lowest BCUT2D eigenvalue weighted by Crippen LogP contribution is -3.00. The molecule has 0 unspecified atom stereocenters. The molecular formula is C13H19ClN2. The van der Waals surface area contributed by atoms with Crippen LogP contribution in [-0.4, -0.2) is 4.57 Å². The molecule has 0 amide bonds. The van der Waals surface area contributed by atoms with Gasteiger partial charge in [-0.05, 0) is 25.0 Å². The minimum absolute atomic E-state index is 0. The first kappa shape index (κ1) is 13.0. The standard InChI is InChI=1S/C13H19N2.ClH/c1-3-9-14-11-15(10-4-2)13-8-6-5-7-12(13)14;/h5-8,11H,3-4,9-10H2,1-2H3;1H/q+1;/p-1. The van der Waals surface area contributed by atoms with Gasteiger partial charge in [0.1, 0.15) is 0 Å². The zero-order chi connectivity index (χ0) is 10.7. The van der Waals surface area contributed by atoms with Crippen LogP contribution in [0.5, 0.6) is 0 Å². The van der Waals surface area contributed by atoms with Crippen molar-refractivity contribution < 1.29 is 17.0 Å². The van der Waals surface area contributed by atoms with E-state index in [1.807, 2.05) is 0 Å². The van der Waals surface area contributed by atoms with E-state index in [9.17, 15) is 0 Å². The monoisotopic (exact) mass is 238 g/mol. The Balaban J connectivity index is 0.00000128. The van der Waals surface area contributed by atoms with Gasteiger partial charge in [0.25, 0.3) is 0 Å². The molecule has 1 heterocycles. The second-order valence-electron chi connectivity index (χ2n) is 3.99. The Labute approximate surface area is 103 Å². The highest BCUT2D eigenvalue weighted by Crippen LogP contribution is 2.11. The van der Waals surface area contributed by atoms with Crippen molar-refractivity contribution in [1.82, 2.24) is 4.57 Å². The van der Waals surface area contributed by atoms with Crippen LogP contribution in [0, 0.1) is 0 Å². The molecule has 88 valence electrons. The van der Waals surface area contributed by atoms with E-state index in [-0.39, 0.29) is 12.4 Å². The van der Waals surface area contributed by atoms with Crippen LogP contribution >= 0.6 is 0 Å². The van der Waals surface area contributed by atoms with Gasteiger partial charge >= 0.3 is 0 Å². The van der Waals surface area contributed by atoms with Crippen molar-refractivity contribution in [3.05, 3.63) is 30.6 Å². The Bertz CT molecular complexity index is 408. The van der Waals surface area contributed by atoms with Crippen molar-refractivity contribution in [3.8, 4) is 0 Å². The van der Waals surface area contributed by atoms with E-state index >= 15 is 0 Å². The van der Waals surface area contributed by atoms with Crippen LogP contribution in [0.2, 0.25) is 0 Å². The number of halogens is 1. The van der Waals surface area contributed by atoms with Crippen molar-refractivity contribution in [2.24, 2.45) is 0 Å². The van der Waals surface area contributed by atoms with Gasteiger partial charge in [-0.15, -0.1) is 0 Å². The normalized spacial score (nSPS) is 10.4. The molecule has 1 aromatic heterocycles. The number of hydrogen-bond acceptors (Lipinski definition) is 0. The molecule has 0 atom stereocenters. The summed E-state index contributed by atoms with van der Waals surface area (Å²) in [6.07, 6.45) is 4.62. The fourth-order valence-corrected chi connectivity index (χ4v) is 2.08. The third-order valence-electron chi connectivity index (χ3n) is 2.71. The quantitative estimate of drug-likeness (QED) is 0.650. The van der Waals surface area contributed by atoms with Gasteiger partial charge < -0.3 is 12.4 Å². The Kier molecular flexibility index (Phi) is 4.81. The van der Waals surface area contributed by atoms with Gasteiger partial charge in [0.15, 0.2) is 11.0 Å². The molecule has 2 aromatic rings. The van der Waals surface area contributed by atoms with Crippen molar-refractivity contribution in [1.29, 1.82) is 0 Å². The van der Waals surface area contributed by atoms with E-state index in [1.54, 1.807) is 0 Å². The van der Waals surface area contributed by atoms with Crippen molar-refractivity contribution in [3.63, 3.8) is 0 Å². The molecule has 0 saturated carbocycles. The van der Waals surface area contributed by atoms with E-state index < -0.39 is 0 Å². The van der Waals surface area contributed by atoms with Crippen LogP contribution in [0.1, 0.15) is 26.7 Å². The van der Waals surface area contributed by atoms with Crippen molar-refractivity contribution in [2.45, 2.75) is 39.8 Å². The fourth-order valence-electron chi connectivity index (χ4n) is 2.08. The molecule has 0 N–H and O–H groups in total. The zero-order valence-electron chi connectivity index (χ0n) is 9.99. The SMILES string of the molecule is CCCn1c[n+](CCC)c2ccccc21.[Cl-]. The lowest BCUT2D eigenvalue weighted by Gasteiger charge is -1.91. The smallest absolute Gasteiger partial charge is 0.244 e. The van der Waals surface area contributed by atoms with Crippen molar-refractivity contribution >= 4 is 11.0 Å². The largest absolute Gasteiger partial charge is 1.00 e. The first-order valence-electron chi connectivity index (χ1n) is 5.84. The molecule has 1 aromatic carbocycles. The average molecular weight is 239 g/mol. The maximum absolute atomic E-state index is 2.35. The predicted octanol–water partition coefficient (Wildman–Crippen LogP) is -0.247. The number of para-hydroxylation sites is 2. The minimum atomic E-state index is 0. The maximum Gasteiger partial charge on any atom is 0.244 e. The molecule has 0 saturated heterocycles. The second-order valence-corrected chi connectivity index (χ2v) is 3.99. The molecule has 3 heteroatoms. The van der Waals surface area contributed by atoms with Gasteiger partial charge in [-0.1, -0.05) is 26.0 Å². The number of nitrogens with zero attached hydrogens (tertiary/aromatic N) is 2. The summed E-state index contributed by atoms with van der Waals surface area (Å²) in [6.45, 7) is 6.66. The van der Waals surface area contributed by atoms with E-state index in [0.717, 1.165) is 13.1 Å². The predicted molar refractivity (Wildman–Crippen MR) is 62.7 cm³/mol. The van der Waals surface area contributed by atoms with Crippen LogP contribution in [0.25, 0.3) is 11.0 Å². The van der Waals surface area contributed by atoms with Crippen molar-refractivity contribution in [2.75, 3.05) is 0 Å². The molecule has 0 aliphatic carbocycles. The summed E-state index contributed by atoms with van der Waals surface area (Å²) in [6, 6.07) is 8.64. The second kappa shape index (κ2) is 5.90. The Morgan fingerprint density at radius 2 is 1.88 bits per heavy atom. The summed E-state index contributed by atoms with van der Waals surface area (Å²) in [5, 5.41) is 0. The number of imidazole rings is 1. The van der Waals surface area contributed by atoms with E-state index in [1.165, 1.54) is 23.9 Å². The first-order chi connectivity index (χ1) is 7.36. The number of hydrogen-bond donors (Lipinski definition) is 0. The summed E-state index contributed by atoms with van der Waals surface area (Å²) in [7, 11) is 0. The Hall–Kier alpha value is -1.02. The highest BCUT2D eigenvalue weighted by molar-refractivity contribution is 5.71. The third kappa shape index (κ3) is 2.38. The molecule has 0 radical (unpaired) electrons. The van der Waals surface area contributed by atoms with E-state index in [0.29, 0.717) is 0 Å². The average Bonchev–Trinajstić information content (AvgIpc) is 2.59. The lowest BCUT2D eigenvalue weighted by atomic mass is 10.3. The van der Waals surface area contributed by atoms with Crippen LogP contribution in [-0.2, 0) is 13.1 Å². The highest BCUT2D eigenvalue weighted by atomic mass is 35.5. The van der Waals surface area contributed by atoms with Crippen LogP contribution in [0.3, 0.4) is 0 Å². The highest BCUT2D eigenvalue weighted by Gasteiger charge is 2.12. The maximum atomic E-state index is 2.35. The zero-order valence-corrected chi connectivity index (χ0v) is 10.7. The molecule has 0 aliphatic rings. The van der Waals surface area contributed by atoms with Crippen LogP contribution < -0.4 is 17.0 Å². The van der Waals surface area contributed by atoms with Gasteiger partial charge in [0, 0.05) is 0 Å². The van der Waals surface area contributed by atoms with E-state index in [2.05, 4.69) is 53.6 Å². The summed E-state index contributed by atoms with van der Waals surface area (Å²) in [4.78, 5) is 0. The fraction of sp³-hybridized carbons (Fsp3) is 0.462. The lowest BCUT2D eigenvalue weighted by molar-refractivity contribution is -0.672. The molecule has 2 rings (SSSR count). The van der Waals surface area contributed by atoms with E-state index in [4.69, 9.17) is 0 Å². The van der Waals surface area contributed by atoms with Gasteiger partial charge in [-0.3, -0.25) is 0 Å². The molecule has 16 heavy (non-hydrogen) atoms. The topological polar surface area (TPSA) is 8.81 Å². The number of aryl methyl sites for hydroxylation is 2. The molecule has 2 nitrogen and oxygen atoms in total. The summed E-state index contributed by atoms with van der Waals surface area (Å²) in [5.74, 6) is 0. The molecule has 0 fully saturated rings. The Morgan fingerprint density at radius 3 is 2.56 bits per heavy atom. The van der Waals surface area contributed by atoms with Gasteiger partial charge in [-0.2, -0.15) is 0 Å². The van der Waals surface area contributed by atoms with Crippen LogP contribution in [0.4, 0.5) is 0 Å². The molecule has 0 spiro atoms. The number of aromatic nitrogens is 2. The van der Waals surface area contributed by atoms with Crippen LogP contribution in [0.15, 0.2) is 30.6 Å². The van der Waals surface area contributed by atoms with Gasteiger partial charge in [0.05, 0.1) is 13.1 Å². The minimum Gasteiger partial charge on any atom is -1.00 e. The van der Waals surface area contributed by atoms with Gasteiger partial charge in [-0.25, -0.2) is 9.13 Å². The summed E-state index contributed by atoms with van der Waals surface area (Å²) in [5.41, 5.74) is 2.71.